The van der Waals surface area contributed by atoms with Gasteiger partial charge < -0.3 is 10.2 Å². The van der Waals surface area contributed by atoms with E-state index in [9.17, 15) is 4.79 Å². The summed E-state index contributed by atoms with van der Waals surface area (Å²) in [5.41, 5.74) is 2.15. The maximum atomic E-state index is 12.4. The predicted octanol–water partition coefficient (Wildman–Crippen LogP) is 3.49. The molecule has 1 N–H and O–H groups in total. The molecule has 0 aliphatic carbocycles. The first-order valence-corrected chi connectivity index (χ1v) is 11.3. The van der Waals surface area contributed by atoms with Crippen LogP contribution in [0.5, 0.6) is 0 Å². The van der Waals surface area contributed by atoms with E-state index < -0.39 is 0 Å². The molecule has 0 radical (unpaired) electrons. The van der Waals surface area contributed by atoms with Crippen molar-refractivity contribution in [1.29, 1.82) is 0 Å². The maximum Gasteiger partial charge on any atom is 0.238 e. The first-order valence-electron chi connectivity index (χ1n) is 10.4. The summed E-state index contributed by atoms with van der Waals surface area (Å²) in [4.78, 5) is 21.0. The molecule has 3 heterocycles. The third kappa shape index (κ3) is 5.34. The number of carbonyl (C=O) groups excluding carboxylic acids is 1. The second-order valence-electron chi connectivity index (χ2n) is 7.77. The number of hydrogen-bond donors (Lipinski definition) is 1. The molecule has 1 aromatic heterocycles. The molecule has 2 fully saturated rings. The molecule has 0 bridgehead atoms. The van der Waals surface area contributed by atoms with Crippen LogP contribution in [0.4, 0.5) is 11.4 Å². The van der Waals surface area contributed by atoms with Crippen LogP contribution in [-0.2, 0) is 11.3 Å². The Morgan fingerprint density at radius 2 is 1.61 bits per heavy atom. The van der Waals surface area contributed by atoms with E-state index in [1.807, 2.05) is 23.5 Å². The normalized spacial score (nSPS) is 18.9. The van der Waals surface area contributed by atoms with E-state index in [-0.39, 0.29) is 5.91 Å². The number of carbonyl (C=O) groups is 1. The molecule has 4 rings (SSSR count). The van der Waals surface area contributed by atoms with E-state index in [1.54, 1.807) is 0 Å². The van der Waals surface area contributed by atoms with Crippen LogP contribution in [0.15, 0.2) is 41.8 Å². The van der Waals surface area contributed by atoms with Crippen LogP contribution >= 0.6 is 11.3 Å². The number of nitrogens with zero attached hydrogens (tertiary/aromatic N) is 3. The first kappa shape index (κ1) is 19.4. The third-order valence-electron chi connectivity index (χ3n) is 5.66. The van der Waals surface area contributed by atoms with Crippen molar-refractivity contribution in [2.24, 2.45) is 0 Å². The minimum atomic E-state index is 0.0810. The molecule has 0 saturated carbocycles. The highest BCUT2D eigenvalue weighted by molar-refractivity contribution is 7.09. The molecule has 2 aromatic rings. The second-order valence-corrected chi connectivity index (χ2v) is 8.81. The number of piperidine rings is 1. The van der Waals surface area contributed by atoms with Gasteiger partial charge in [0, 0.05) is 62.1 Å². The van der Waals surface area contributed by atoms with Crippen LogP contribution in [0.25, 0.3) is 0 Å². The van der Waals surface area contributed by atoms with Gasteiger partial charge in [0.1, 0.15) is 0 Å². The lowest BCUT2D eigenvalue weighted by atomic mass is 10.1. The second kappa shape index (κ2) is 9.54. The van der Waals surface area contributed by atoms with Crippen molar-refractivity contribution in [3.8, 4) is 0 Å². The van der Waals surface area contributed by atoms with Crippen LogP contribution in [0.1, 0.15) is 24.1 Å². The van der Waals surface area contributed by atoms with Gasteiger partial charge in [-0.15, -0.1) is 11.3 Å². The van der Waals surface area contributed by atoms with Gasteiger partial charge in [-0.1, -0.05) is 6.07 Å². The number of nitrogens with one attached hydrogen (secondary N) is 1. The lowest BCUT2D eigenvalue weighted by Gasteiger charge is -2.34. The van der Waals surface area contributed by atoms with Crippen molar-refractivity contribution in [2.75, 3.05) is 56.0 Å². The fourth-order valence-electron chi connectivity index (χ4n) is 4.04. The molecule has 1 amide bonds. The Labute approximate surface area is 171 Å². The number of rotatable bonds is 6. The molecule has 150 valence electrons. The summed E-state index contributed by atoms with van der Waals surface area (Å²) in [6, 6.07) is 12.6. The zero-order chi connectivity index (χ0) is 19.2. The number of thiophene rings is 1. The highest BCUT2D eigenvalue weighted by atomic mass is 32.1. The lowest BCUT2D eigenvalue weighted by molar-refractivity contribution is -0.117. The SMILES string of the molecule is O=C(CN1CCN(Cc2cccs2)CC1)Nc1ccc(N2CCCCC2)cc1. The fourth-order valence-corrected chi connectivity index (χ4v) is 4.79. The molecule has 0 unspecified atom stereocenters. The Morgan fingerprint density at radius 1 is 0.893 bits per heavy atom. The van der Waals surface area contributed by atoms with E-state index in [1.165, 1.54) is 29.8 Å². The topological polar surface area (TPSA) is 38.8 Å². The molecular formula is C22H30N4OS. The molecule has 2 aliphatic rings. The Balaban J connectivity index is 1.20. The van der Waals surface area contributed by atoms with Crippen molar-refractivity contribution in [3.05, 3.63) is 46.7 Å². The average Bonchev–Trinajstić information content (AvgIpc) is 3.24. The molecule has 0 spiro atoms. The summed E-state index contributed by atoms with van der Waals surface area (Å²) >= 11 is 1.82. The zero-order valence-corrected chi connectivity index (χ0v) is 17.3. The Kier molecular flexibility index (Phi) is 6.62. The first-order chi connectivity index (χ1) is 13.8. The summed E-state index contributed by atoms with van der Waals surface area (Å²) in [6.45, 7) is 7.74. The number of anilines is 2. The molecule has 1 aromatic carbocycles. The third-order valence-corrected chi connectivity index (χ3v) is 6.53. The fraction of sp³-hybridized carbons (Fsp3) is 0.500. The Bertz CT molecular complexity index is 732. The molecular weight excluding hydrogens is 368 g/mol. The van der Waals surface area contributed by atoms with Crippen molar-refractivity contribution >= 4 is 28.6 Å². The predicted molar refractivity (Wildman–Crippen MR) is 117 cm³/mol. The summed E-state index contributed by atoms with van der Waals surface area (Å²) in [5, 5.41) is 5.19. The van der Waals surface area contributed by atoms with Gasteiger partial charge in [-0.3, -0.25) is 14.6 Å². The van der Waals surface area contributed by atoms with Gasteiger partial charge in [0.15, 0.2) is 0 Å². The van der Waals surface area contributed by atoms with Crippen LogP contribution in [0.3, 0.4) is 0 Å². The van der Waals surface area contributed by atoms with Crippen molar-refractivity contribution < 1.29 is 4.79 Å². The maximum absolute atomic E-state index is 12.4. The van der Waals surface area contributed by atoms with Gasteiger partial charge in [-0.2, -0.15) is 0 Å². The van der Waals surface area contributed by atoms with E-state index in [4.69, 9.17) is 0 Å². The highest BCUT2D eigenvalue weighted by Gasteiger charge is 2.19. The monoisotopic (exact) mass is 398 g/mol. The highest BCUT2D eigenvalue weighted by Crippen LogP contribution is 2.22. The molecule has 0 atom stereocenters. The number of hydrogen-bond acceptors (Lipinski definition) is 5. The minimum absolute atomic E-state index is 0.0810. The van der Waals surface area contributed by atoms with Crippen LogP contribution in [-0.4, -0.2) is 61.5 Å². The summed E-state index contributed by atoms with van der Waals surface area (Å²) < 4.78 is 0. The van der Waals surface area contributed by atoms with Gasteiger partial charge in [0.2, 0.25) is 5.91 Å². The molecule has 5 nitrogen and oxygen atoms in total. The smallest absolute Gasteiger partial charge is 0.238 e. The Morgan fingerprint density at radius 3 is 2.29 bits per heavy atom. The quantitative estimate of drug-likeness (QED) is 0.808. The molecule has 28 heavy (non-hydrogen) atoms. The van der Waals surface area contributed by atoms with E-state index in [0.29, 0.717) is 6.54 Å². The van der Waals surface area contributed by atoms with Crippen LogP contribution in [0.2, 0.25) is 0 Å². The molecule has 2 saturated heterocycles. The minimum Gasteiger partial charge on any atom is -0.372 e. The summed E-state index contributed by atoms with van der Waals surface area (Å²) in [5.74, 6) is 0.0810. The number of piperazine rings is 1. The zero-order valence-electron chi connectivity index (χ0n) is 16.5. The summed E-state index contributed by atoms with van der Waals surface area (Å²) in [6.07, 6.45) is 3.89. The van der Waals surface area contributed by atoms with E-state index in [0.717, 1.165) is 51.5 Å². The van der Waals surface area contributed by atoms with Gasteiger partial charge in [0.25, 0.3) is 0 Å². The van der Waals surface area contributed by atoms with Crippen molar-refractivity contribution in [3.63, 3.8) is 0 Å². The average molecular weight is 399 g/mol. The molecule has 6 heteroatoms. The van der Waals surface area contributed by atoms with Gasteiger partial charge in [0.05, 0.1) is 6.54 Å². The number of amides is 1. The van der Waals surface area contributed by atoms with Gasteiger partial charge in [-0.05, 0) is 55.0 Å². The largest absolute Gasteiger partial charge is 0.372 e. The van der Waals surface area contributed by atoms with Gasteiger partial charge >= 0.3 is 0 Å². The lowest BCUT2D eigenvalue weighted by Crippen LogP contribution is -2.48. The van der Waals surface area contributed by atoms with Crippen molar-refractivity contribution in [1.82, 2.24) is 9.80 Å². The molecule has 2 aliphatic heterocycles. The van der Waals surface area contributed by atoms with E-state index >= 15 is 0 Å². The standard InChI is InChI=1S/C22H30N4OS/c27-22(18-25-14-12-24(13-15-25)17-21-5-4-16-28-21)23-19-6-8-20(9-7-19)26-10-2-1-3-11-26/h4-9,16H,1-3,10-15,17-18H2,(H,23,27). The van der Waals surface area contributed by atoms with Crippen molar-refractivity contribution in [2.45, 2.75) is 25.8 Å². The van der Waals surface area contributed by atoms with Crippen LogP contribution in [0, 0.1) is 0 Å². The number of benzene rings is 1. The van der Waals surface area contributed by atoms with Gasteiger partial charge in [-0.25, -0.2) is 0 Å². The summed E-state index contributed by atoms with van der Waals surface area (Å²) in [7, 11) is 0. The van der Waals surface area contributed by atoms with E-state index in [2.05, 4.69) is 49.7 Å². The Hall–Kier alpha value is -1.89. The van der Waals surface area contributed by atoms with Crippen LogP contribution < -0.4 is 10.2 Å².